The number of benzene rings is 2. The van der Waals surface area contributed by atoms with Crippen molar-refractivity contribution in [3.8, 4) is 17.1 Å². The number of fused-ring (bicyclic) bond motifs is 1. The van der Waals surface area contributed by atoms with Gasteiger partial charge in [0, 0.05) is 11.5 Å². The lowest BCUT2D eigenvalue weighted by Crippen LogP contribution is -1.81. The third-order valence-electron chi connectivity index (χ3n) is 2.80. The van der Waals surface area contributed by atoms with E-state index in [0.717, 1.165) is 6.07 Å². The van der Waals surface area contributed by atoms with Crippen molar-refractivity contribution in [3.63, 3.8) is 0 Å². The molecular weight excluding hydrogens is 274 g/mol. The fourth-order valence-electron chi connectivity index (χ4n) is 1.89. The summed E-state index contributed by atoms with van der Waals surface area (Å²) in [7, 11) is 0. The third kappa shape index (κ3) is 1.94. The van der Waals surface area contributed by atoms with E-state index >= 15 is 0 Å². The summed E-state index contributed by atoms with van der Waals surface area (Å²) in [5.74, 6) is -1.33. The number of hydrogen-bond donors (Lipinski definition) is 1. The summed E-state index contributed by atoms with van der Waals surface area (Å²) >= 11 is 5.66. The average Bonchev–Trinajstić information content (AvgIpc) is 2.79. The van der Waals surface area contributed by atoms with Gasteiger partial charge in [-0.3, -0.25) is 0 Å². The first-order valence-electron chi connectivity index (χ1n) is 5.42. The molecule has 0 fully saturated rings. The summed E-state index contributed by atoms with van der Waals surface area (Å²) < 4.78 is 32.0. The van der Waals surface area contributed by atoms with Crippen LogP contribution < -0.4 is 0 Å². The predicted octanol–water partition coefficient (Wildman–Crippen LogP) is 4.74. The van der Waals surface area contributed by atoms with E-state index in [4.69, 9.17) is 16.0 Å². The van der Waals surface area contributed by atoms with Crippen LogP contribution in [-0.4, -0.2) is 5.11 Å². The van der Waals surface area contributed by atoms with Crippen LogP contribution in [0.4, 0.5) is 8.78 Å². The Kier molecular flexibility index (Phi) is 2.68. The molecule has 0 saturated heterocycles. The van der Waals surface area contributed by atoms with Gasteiger partial charge in [0.25, 0.3) is 0 Å². The summed E-state index contributed by atoms with van der Waals surface area (Å²) in [4.78, 5) is 0. The number of halogens is 3. The molecule has 2 nitrogen and oxygen atoms in total. The van der Waals surface area contributed by atoms with E-state index in [1.165, 1.54) is 12.1 Å². The molecule has 0 saturated carbocycles. The number of aromatic hydroxyl groups is 1. The molecule has 1 aromatic heterocycles. The van der Waals surface area contributed by atoms with Crippen LogP contribution in [0, 0.1) is 11.6 Å². The van der Waals surface area contributed by atoms with Crippen molar-refractivity contribution in [1.29, 1.82) is 0 Å². The molecule has 0 amide bonds. The lowest BCUT2D eigenvalue weighted by molar-refractivity contribution is 0.468. The zero-order chi connectivity index (χ0) is 13.6. The zero-order valence-corrected chi connectivity index (χ0v) is 10.2. The highest BCUT2D eigenvalue weighted by atomic mass is 35.5. The van der Waals surface area contributed by atoms with Crippen molar-refractivity contribution < 1.29 is 18.3 Å². The number of furan rings is 1. The van der Waals surface area contributed by atoms with Crippen molar-refractivity contribution >= 4 is 22.6 Å². The summed E-state index contributed by atoms with van der Waals surface area (Å²) in [6, 6.07) is 8.18. The second-order valence-electron chi connectivity index (χ2n) is 4.05. The SMILES string of the molecule is Oc1cc(F)c(Cl)cc1-c1cc2cccc(F)c2o1. The number of phenolic OH excluding ortho intramolecular Hbond substituents is 1. The van der Waals surface area contributed by atoms with Crippen molar-refractivity contribution in [1.82, 2.24) is 0 Å². The van der Waals surface area contributed by atoms with Crippen LogP contribution in [0.15, 0.2) is 40.8 Å². The highest BCUT2D eigenvalue weighted by molar-refractivity contribution is 6.31. The van der Waals surface area contributed by atoms with Gasteiger partial charge >= 0.3 is 0 Å². The Balaban J connectivity index is 2.25. The maximum Gasteiger partial charge on any atom is 0.170 e. The monoisotopic (exact) mass is 280 g/mol. The second kappa shape index (κ2) is 4.24. The average molecular weight is 281 g/mol. The van der Waals surface area contributed by atoms with Crippen LogP contribution in [-0.2, 0) is 0 Å². The normalized spacial score (nSPS) is 11.1. The molecule has 3 rings (SSSR count). The molecule has 3 aromatic rings. The van der Waals surface area contributed by atoms with E-state index in [-0.39, 0.29) is 27.7 Å². The Labute approximate surface area is 111 Å². The minimum atomic E-state index is -0.731. The summed E-state index contributed by atoms with van der Waals surface area (Å²) in [6.07, 6.45) is 0. The van der Waals surface area contributed by atoms with Crippen LogP contribution in [0.25, 0.3) is 22.3 Å². The predicted molar refractivity (Wildman–Crippen MR) is 68.2 cm³/mol. The van der Waals surface area contributed by atoms with Gasteiger partial charge in [-0.2, -0.15) is 0 Å². The summed E-state index contributed by atoms with van der Waals surface area (Å²) in [6.45, 7) is 0. The minimum absolute atomic E-state index is 0.0809. The second-order valence-corrected chi connectivity index (χ2v) is 4.46. The molecule has 0 radical (unpaired) electrons. The largest absolute Gasteiger partial charge is 0.507 e. The van der Waals surface area contributed by atoms with Gasteiger partial charge in [0.15, 0.2) is 11.4 Å². The van der Waals surface area contributed by atoms with Gasteiger partial charge < -0.3 is 9.52 Å². The smallest absolute Gasteiger partial charge is 0.170 e. The van der Waals surface area contributed by atoms with Crippen molar-refractivity contribution in [2.75, 3.05) is 0 Å². The van der Waals surface area contributed by atoms with Gasteiger partial charge in [0.2, 0.25) is 0 Å². The van der Waals surface area contributed by atoms with Crippen LogP contribution in [0.1, 0.15) is 0 Å². The van der Waals surface area contributed by atoms with Crippen LogP contribution in [0.3, 0.4) is 0 Å². The standard InChI is InChI=1S/C14H7ClF2O2/c15-9-5-8(12(18)6-11(9)17)13-4-7-2-1-3-10(16)14(7)19-13/h1-6,18H. The van der Waals surface area contributed by atoms with Gasteiger partial charge in [-0.25, -0.2) is 8.78 Å². The molecule has 5 heteroatoms. The maximum atomic E-state index is 13.5. The van der Waals surface area contributed by atoms with E-state index < -0.39 is 11.6 Å². The lowest BCUT2D eigenvalue weighted by atomic mass is 10.1. The van der Waals surface area contributed by atoms with Crippen molar-refractivity contribution in [2.24, 2.45) is 0 Å². The van der Waals surface area contributed by atoms with E-state index in [1.54, 1.807) is 18.2 Å². The van der Waals surface area contributed by atoms with Gasteiger partial charge in [-0.05, 0) is 18.2 Å². The molecule has 1 heterocycles. The highest BCUT2D eigenvalue weighted by Crippen LogP contribution is 2.36. The van der Waals surface area contributed by atoms with Gasteiger partial charge in [0.1, 0.15) is 17.3 Å². The first kappa shape index (κ1) is 12.0. The molecule has 0 atom stereocenters. The van der Waals surface area contributed by atoms with Crippen LogP contribution in [0.2, 0.25) is 5.02 Å². The highest BCUT2D eigenvalue weighted by Gasteiger charge is 2.15. The molecule has 2 aromatic carbocycles. The number of rotatable bonds is 1. The molecule has 0 aliphatic heterocycles. The molecule has 0 aliphatic rings. The van der Waals surface area contributed by atoms with Gasteiger partial charge in [0.05, 0.1) is 10.6 Å². The molecule has 0 aliphatic carbocycles. The first-order chi connectivity index (χ1) is 9.06. The molecule has 0 spiro atoms. The first-order valence-corrected chi connectivity index (χ1v) is 5.80. The molecular formula is C14H7ClF2O2. The minimum Gasteiger partial charge on any atom is -0.507 e. The molecule has 0 bridgehead atoms. The van der Waals surface area contributed by atoms with Crippen LogP contribution >= 0.6 is 11.6 Å². The van der Waals surface area contributed by atoms with Crippen molar-refractivity contribution in [3.05, 3.63) is 53.1 Å². The fraction of sp³-hybridized carbons (Fsp3) is 0. The Morgan fingerprint density at radius 2 is 1.84 bits per heavy atom. The molecule has 1 N–H and O–H groups in total. The fourth-order valence-corrected chi connectivity index (χ4v) is 2.06. The van der Waals surface area contributed by atoms with Gasteiger partial charge in [-0.15, -0.1) is 0 Å². The number of para-hydroxylation sites is 1. The Bertz CT molecular complexity index is 780. The molecule has 0 unspecified atom stereocenters. The van der Waals surface area contributed by atoms with E-state index in [1.807, 2.05) is 0 Å². The summed E-state index contributed by atoms with van der Waals surface area (Å²) in [5, 5.41) is 10.1. The van der Waals surface area contributed by atoms with Gasteiger partial charge in [-0.1, -0.05) is 23.7 Å². The zero-order valence-electron chi connectivity index (χ0n) is 9.45. The van der Waals surface area contributed by atoms with Crippen LogP contribution in [0.5, 0.6) is 5.75 Å². The number of hydrogen-bond acceptors (Lipinski definition) is 2. The molecule has 96 valence electrons. The Morgan fingerprint density at radius 3 is 2.58 bits per heavy atom. The van der Waals surface area contributed by atoms with E-state index in [0.29, 0.717) is 5.39 Å². The number of phenols is 1. The van der Waals surface area contributed by atoms with Crippen molar-refractivity contribution in [2.45, 2.75) is 0 Å². The maximum absolute atomic E-state index is 13.5. The Morgan fingerprint density at radius 1 is 1.05 bits per heavy atom. The Hall–Kier alpha value is -2.07. The molecule has 19 heavy (non-hydrogen) atoms. The van der Waals surface area contributed by atoms with E-state index in [9.17, 15) is 13.9 Å². The lowest BCUT2D eigenvalue weighted by Gasteiger charge is -2.02. The third-order valence-corrected chi connectivity index (χ3v) is 3.09. The topological polar surface area (TPSA) is 33.4 Å². The quantitative estimate of drug-likeness (QED) is 0.698. The summed E-state index contributed by atoms with van der Waals surface area (Å²) in [5.41, 5.74) is 0.291. The van der Waals surface area contributed by atoms with E-state index in [2.05, 4.69) is 0 Å².